The topological polar surface area (TPSA) is 172 Å². The summed E-state index contributed by atoms with van der Waals surface area (Å²) in [6.07, 6.45) is -1.22. The number of hydrogen-bond donors (Lipinski definition) is 2. The van der Waals surface area contributed by atoms with Gasteiger partial charge in [0.2, 0.25) is 0 Å². The molecule has 8 N–H and O–H groups in total. The molecule has 0 heterocycles. The van der Waals surface area contributed by atoms with Crippen LogP contribution in [0.1, 0.15) is 26.7 Å². The number of carbonyl (C=O) groups is 2. The number of quaternary nitrogens is 2. The van der Waals surface area contributed by atoms with Gasteiger partial charge in [-0.2, -0.15) is 0 Å². The summed E-state index contributed by atoms with van der Waals surface area (Å²) in [5.74, 6) is -2.34. The standard InChI is InChI=1S/C10H18O6.2H3N/c1-7(5-9(11)12)15-3-4-16-8(2)6-10(13)14;;/h7-8H,3-6H2,1-2H3,(H,11,12)(H,13,14);2*1H3. The minimum absolute atomic E-state index is 0. The Morgan fingerprint density at radius 1 is 0.889 bits per heavy atom. The second kappa shape index (κ2) is 12.2. The summed E-state index contributed by atoms with van der Waals surface area (Å²) in [4.78, 5) is 20.4. The van der Waals surface area contributed by atoms with E-state index < -0.39 is 24.1 Å². The van der Waals surface area contributed by atoms with Gasteiger partial charge < -0.3 is 41.6 Å². The molecule has 0 aromatic rings. The predicted octanol–water partition coefficient (Wildman–Crippen LogP) is -1.17. The molecule has 0 aliphatic heterocycles. The Hall–Kier alpha value is -1.22. The summed E-state index contributed by atoms with van der Waals surface area (Å²) >= 11 is 0. The summed E-state index contributed by atoms with van der Waals surface area (Å²) in [5.41, 5.74) is 0. The molecule has 0 amide bonds. The lowest BCUT2D eigenvalue weighted by Crippen LogP contribution is -2.29. The van der Waals surface area contributed by atoms with Crippen LogP contribution in [0.4, 0.5) is 0 Å². The van der Waals surface area contributed by atoms with E-state index in [1.165, 1.54) is 0 Å². The zero-order valence-corrected chi connectivity index (χ0v) is 11.4. The van der Waals surface area contributed by atoms with Crippen LogP contribution >= 0.6 is 0 Å². The number of carboxylic acids is 2. The first-order chi connectivity index (χ1) is 7.41. The highest BCUT2D eigenvalue weighted by atomic mass is 16.5. The fourth-order valence-corrected chi connectivity index (χ4v) is 1.09. The maximum atomic E-state index is 10.2. The van der Waals surface area contributed by atoms with Gasteiger partial charge in [0, 0.05) is 24.8 Å². The van der Waals surface area contributed by atoms with Gasteiger partial charge in [0.05, 0.1) is 25.4 Å². The average molecular weight is 268 g/mol. The zero-order valence-electron chi connectivity index (χ0n) is 11.4. The number of rotatable bonds is 9. The lowest BCUT2D eigenvalue weighted by molar-refractivity contribution is -0.309. The van der Waals surface area contributed by atoms with Crippen molar-refractivity contribution in [2.45, 2.75) is 38.9 Å². The Bertz CT molecular complexity index is 212. The molecule has 0 rings (SSSR count). The van der Waals surface area contributed by atoms with Crippen LogP contribution in [0.25, 0.3) is 0 Å². The smallest absolute Gasteiger partial charge is 0.0704 e. The molecule has 0 aromatic carbocycles. The second-order valence-corrected chi connectivity index (χ2v) is 3.52. The van der Waals surface area contributed by atoms with Crippen LogP contribution < -0.4 is 22.5 Å². The molecule has 0 radical (unpaired) electrons. The van der Waals surface area contributed by atoms with Gasteiger partial charge in [0.25, 0.3) is 0 Å². The van der Waals surface area contributed by atoms with Crippen molar-refractivity contribution in [2.24, 2.45) is 0 Å². The van der Waals surface area contributed by atoms with Crippen molar-refractivity contribution in [3.05, 3.63) is 0 Å². The molecule has 0 bridgehead atoms. The van der Waals surface area contributed by atoms with Crippen LogP contribution in [0, 0.1) is 0 Å². The number of hydrogen-bond acceptors (Lipinski definition) is 6. The summed E-state index contributed by atoms with van der Waals surface area (Å²) in [5, 5.41) is 20.4. The molecule has 8 heteroatoms. The minimum atomic E-state index is -1.17. The first-order valence-electron chi connectivity index (χ1n) is 5.04. The van der Waals surface area contributed by atoms with Crippen molar-refractivity contribution in [1.29, 1.82) is 0 Å². The number of aliphatic carboxylic acids is 2. The van der Waals surface area contributed by atoms with Crippen molar-refractivity contribution >= 4 is 11.9 Å². The van der Waals surface area contributed by atoms with Gasteiger partial charge in [-0.05, 0) is 13.8 Å². The Balaban J connectivity index is -0.00000112. The van der Waals surface area contributed by atoms with Crippen LogP contribution in [0.3, 0.4) is 0 Å². The second-order valence-electron chi connectivity index (χ2n) is 3.52. The largest absolute Gasteiger partial charge is 0.550 e. The van der Waals surface area contributed by atoms with Crippen LogP contribution in [-0.4, -0.2) is 37.4 Å². The van der Waals surface area contributed by atoms with Crippen molar-refractivity contribution in [3.8, 4) is 0 Å². The molecule has 2 unspecified atom stereocenters. The fraction of sp³-hybridized carbons (Fsp3) is 0.800. The molecule has 0 saturated carbocycles. The SMILES string of the molecule is CC(CC(=O)[O-])OCCOC(C)CC(=O)[O-].[NH4+].[NH4+]. The number of ether oxygens (including phenoxy) is 2. The average Bonchev–Trinajstić information content (AvgIpc) is 2.10. The van der Waals surface area contributed by atoms with Gasteiger partial charge in [-0.1, -0.05) is 0 Å². The predicted molar refractivity (Wildman–Crippen MR) is 62.0 cm³/mol. The molecule has 110 valence electrons. The maximum Gasteiger partial charge on any atom is 0.0704 e. The van der Waals surface area contributed by atoms with Crippen LogP contribution in [-0.2, 0) is 19.1 Å². The lowest BCUT2D eigenvalue weighted by atomic mass is 10.3. The number of carboxylic acid groups (broad SMARTS) is 2. The van der Waals surface area contributed by atoms with Gasteiger partial charge in [-0.25, -0.2) is 0 Å². The zero-order chi connectivity index (χ0) is 12.6. The summed E-state index contributed by atoms with van der Waals surface area (Å²) in [7, 11) is 0. The molecular formula is C10H24N2O6. The quantitative estimate of drug-likeness (QED) is 0.498. The first-order valence-corrected chi connectivity index (χ1v) is 5.04. The molecule has 0 saturated heterocycles. The van der Waals surface area contributed by atoms with E-state index in [0.29, 0.717) is 0 Å². The van der Waals surface area contributed by atoms with E-state index in [1.54, 1.807) is 13.8 Å². The Kier molecular flexibility index (Phi) is 15.0. The van der Waals surface area contributed by atoms with Crippen LogP contribution in [0.2, 0.25) is 0 Å². The van der Waals surface area contributed by atoms with Crippen molar-refractivity contribution in [2.75, 3.05) is 13.2 Å². The highest BCUT2D eigenvalue weighted by Crippen LogP contribution is 1.99. The van der Waals surface area contributed by atoms with Gasteiger partial charge in [-0.3, -0.25) is 0 Å². The molecule has 0 aliphatic rings. The van der Waals surface area contributed by atoms with E-state index in [1.807, 2.05) is 0 Å². The van der Waals surface area contributed by atoms with E-state index in [-0.39, 0.29) is 38.4 Å². The van der Waals surface area contributed by atoms with Gasteiger partial charge in [0.1, 0.15) is 0 Å². The van der Waals surface area contributed by atoms with Crippen molar-refractivity contribution in [3.63, 3.8) is 0 Å². The molecule has 0 fully saturated rings. The van der Waals surface area contributed by atoms with Crippen molar-refractivity contribution in [1.82, 2.24) is 12.3 Å². The summed E-state index contributed by atoms with van der Waals surface area (Å²) in [6, 6.07) is 0. The monoisotopic (exact) mass is 268 g/mol. The highest BCUT2D eigenvalue weighted by molar-refractivity contribution is 5.65. The third-order valence-electron chi connectivity index (χ3n) is 1.80. The Morgan fingerprint density at radius 2 is 1.17 bits per heavy atom. The lowest BCUT2D eigenvalue weighted by Gasteiger charge is -2.16. The van der Waals surface area contributed by atoms with Crippen LogP contribution in [0.5, 0.6) is 0 Å². The summed E-state index contributed by atoms with van der Waals surface area (Å²) < 4.78 is 10.2. The molecule has 0 aromatic heterocycles. The van der Waals surface area contributed by atoms with E-state index >= 15 is 0 Å². The summed E-state index contributed by atoms with van der Waals surface area (Å²) in [6.45, 7) is 3.65. The molecule has 2 atom stereocenters. The molecule has 0 spiro atoms. The van der Waals surface area contributed by atoms with E-state index in [9.17, 15) is 19.8 Å². The molecule has 8 nitrogen and oxygen atoms in total. The highest BCUT2D eigenvalue weighted by Gasteiger charge is 2.04. The third-order valence-corrected chi connectivity index (χ3v) is 1.80. The first kappa shape index (κ1) is 22.0. The Labute approximate surface area is 106 Å². The number of carbonyl (C=O) groups excluding carboxylic acids is 2. The fourth-order valence-electron chi connectivity index (χ4n) is 1.09. The molecule has 18 heavy (non-hydrogen) atoms. The normalized spacial score (nSPS) is 12.8. The van der Waals surface area contributed by atoms with Gasteiger partial charge in [-0.15, -0.1) is 0 Å². The van der Waals surface area contributed by atoms with Gasteiger partial charge >= 0.3 is 0 Å². The molecule has 0 aliphatic carbocycles. The van der Waals surface area contributed by atoms with Crippen molar-refractivity contribution < 1.29 is 29.3 Å². The minimum Gasteiger partial charge on any atom is -0.550 e. The third kappa shape index (κ3) is 14.8. The maximum absolute atomic E-state index is 10.2. The molecular weight excluding hydrogens is 244 g/mol. The van der Waals surface area contributed by atoms with E-state index in [4.69, 9.17) is 9.47 Å². The van der Waals surface area contributed by atoms with Crippen LogP contribution in [0.15, 0.2) is 0 Å². The van der Waals surface area contributed by atoms with E-state index in [0.717, 1.165) is 0 Å². The van der Waals surface area contributed by atoms with Gasteiger partial charge in [0.15, 0.2) is 0 Å². The van der Waals surface area contributed by atoms with E-state index in [2.05, 4.69) is 0 Å². The Morgan fingerprint density at radius 3 is 1.39 bits per heavy atom.